The van der Waals surface area contributed by atoms with Crippen LogP contribution in [-0.4, -0.2) is 52.9 Å². The number of ether oxygens (including phenoxy) is 2. The van der Waals surface area contributed by atoms with Crippen molar-refractivity contribution in [3.8, 4) is 5.75 Å². The Morgan fingerprint density at radius 2 is 2.14 bits per heavy atom. The van der Waals surface area contributed by atoms with Crippen LogP contribution in [0.15, 0.2) is 36.8 Å². The van der Waals surface area contributed by atoms with Crippen LogP contribution in [0.25, 0.3) is 5.65 Å². The van der Waals surface area contributed by atoms with E-state index in [4.69, 9.17) is 9.47 Å². The molecular weight excluding hydrogens is 358 g/mol. The summed E-state index contributed by atoms with van der Waals surface area (Å²) in [6, 6.07) is 5.84. The van der Waals surface area contributed by atoms with Crippen molar-refractivity contribution in [3.05, 3.63) is 47.9 Å². The van der Waals surface area contributed by atoms with Crippen molar-refractivity contribution in [2.24, 2.45) is 0 Å². The lowest BCUT2D eigenvalue weighted by Gasteiger charge is -2.31. The van der Waals surface area contributed by atoms with Crippen molar-refractivity contribution in [2.75, 3.05) is 36.5 Å². The van der Waals surface area contributed by atoms with Gasteiger partial charge in [0.15, 0.2) is 5.65 Å². The Hall–Kier alpha value is -3.13. The zero-order valence-corrected chi connectivity index (χ0v) is 15.6. The monoisotopic (exact) mass is 379 g/mol. The first-order chi connectivity index (χ1) is 13.7. The minimum absolute atomic E-state index is 0.141. The number of aromatic nitrogens is 3. The number of carbonyl (C=O) groups is 1. The third-order valence-corrected chi connectivity index (χ3v) is 5.14. The molecule has 1 amide bonds. The molecule has 0 radical (unpaired) electrons. The van der Waals surface area contributed by atoms with Gasteiger partial charge < -0.3 is 19.7 Å². The number of fused-ring (bicyclic) bond motifs is 2. The standard InChI is InChI=1S/C20H21N5O3/c1-13-9-14-10-16(17(11-18(14)28-13)24-5-7-27-8-6-24)23-20(26)15-12-22-25-4-2-3-21-19(15)25/h2-4,10-13H,5-9H2,1H3,(H,23,26)/t13-/m0/s1. The minimum Gasteiger partial charge on any atom is -0.490 e. The van der Waals surface area contributed by atoms with E-state index in [-0.39, 0.29) is 12.0 Å². The summed E-state index contributed by atoms with van der Waals surface area (Å²) in [4.78, 5) is 19.5. The minimum atomic E-state index is -0.227. The maximum Gasteiger partial charge on any atom is 0.261 e. The van der Waals surface area contributed by atoms with Crippen LogP contribution in [0.1, 0.15) is 22.8 Å². The molecule has 8 nitrogen and oxygen atoms in total. The summed E-state index contributed by atoms with van der Waals surface area (Å²) >= 11 is 0. The number of amides is 1. The quantitative estimate of drug-likeness (QED) is 0.751. The van der Waals surface area contributed by atoms with Crippen LogP contribution in [0.2, 0.25) is 0 Å². The number of carbonyl (C=O) groups excluding carboxylic acids is 1. The molecule has 2 aliphatic heterocycles. The first-order valence-electron chi connectivity index (χ1n) is 9.45. The van der Waals surface area contributed by atoms with Crippen LogP contribution in [-0.2, 0) is 11.2 Å². The van der Waals surface area contributed by atoms with Gasteiger partial charge in [0.1, 0.15) is 17.4 Å². The molecular formula is C20H21N5O3. The van der Waals surface area contributed by atoms with Gasteiger partial charge in [0, 0.05) is 43.5 Å². The van der Waals surface area contributed by atoms with E-state index in [2.05, 4.69) is 27.2 Å². The number of morpholine rings is 1. The molecule has 2 aliphatic rings. The molecule has 2 aromatic heterocycles. The SMILES string of the molecule is C[C@H]1Cc2cc(NC(=O)c3cnn4cccnc34)c(N3CCOCC3)cc2O1. The second-order valence-corrected chi connectivity index (χ2v) is 7.11. The molecule has 5 rings (SSSR count). The molecule has 3 aromatic rings. The molecule has 0 aliphatic carbocycles. The van der Waals surface area contributed by atoms with Gasteiger partial charge in [-0.05, 0) is 19.1 Å². The van der Waals surface area contributed by atoms with Crippen LogP contribution < -0.4 is 15.0 Å². The van der Waals surface area contributed by atoms with E-state index >= 15 is 0 Å². The highest BCUT2D eigenvalue weighted by Gasteiger charge is 2.25. The molecule has 0 saturated carbocycles. The van der Waals surface area contributed by atoms with Crippen LogP contribution in [0.4, 0.5) is 11.4 Å². The molecule has 1 atom stereocenters. The lowest BCUT2D eigenvalue weighted by Crippen LogP contribution is -2.36. The number of hydrogen-bond donors (Lipinski definition) is 1. The summed E-state index contributed by atoms with van der Waals surface area (Å²) in [7, 11) is 0. The van der Waals surface area contributed by atoms with Gasteiger partial charge in [-0.2, -0.15) is 5.10 Å². The van der Waals surface area contributed by atoms with Gasteiger partial charge in [0.2, 0.25) is 0 Å². The number of nitrogens with zero attached hydrogens (tertiary/aromatic N) is 4. The largest absolute Gasteiger partial charge is 0.490 e. The number of nitrogens with one attached hydrogen (secondary N) is 1. The maximum atomic E-state index is 13.0. The predicted octanol–water partition coefficient (Wildman–Crippen LogP) is 2.14. The lowest BCUT2D eigenvalue weighted by atomic mass is 10.1. The first kappa shape index (κ1) is 17.0. The molecule has 0 spiro atoms. The summed E-state index contributed by atoms with van der Waals surface area (Å²) in [5, 5.41) is 7.28. The number of hydrogen-bond acceptors (Lipinski definition) is 6. The lowest BCUT2D eigenvalue weighted by molar-refractivity contribution is 0.102. The zero-order chi connectivity index (χ0) is 19.1. The normalized spacial score (nSPS) is 18.8. The molecule has 28 heavy (non-hydrogen) atoms. The van der Waals surface area contributed by atoms with Gasteiger partial charge in [-0.1, -0.05) is 0 Å². The number of rotatable bonds is 3. The molecule has 144 valence electrons. The first-order valence-corrected chi connectivity index (χ1v) is 9.45. The molecule has 4 heterocycles. The molecule has 1 saturated heterocycles. The maximum absolute atomic E-state index is 13.0. The highest BCUT2D eigenvalue weighted by Crippen LogP contribution is 2.39. The number of anilines is 2. The fourth-order valence-corrected chi connectivity index (χ4v) is 3.79. The van der Waals surface area contributed by atoms with Gasteiger partial charge in [0.25, 0.3) is 5.91 Å². The van der Waals surface area contributed by atoms with E-state index in [0.717, 1.165) is 42.2 Å². The van der Waals surface area contributed by atoms with Crippen LogP contribution in [0.5, 0.6) is 5.75 Å². The van der Waals surface area contributed by atoms with Crippen molar-refractivity contribution >= 4 is 22.9 Å². The zero-order valence-electron chi connectivity index (χ0n) is 15.6. The Labute approximate surface area is 162 Å². The Morgan fingerprint density at radius 1 is 1.29 bits per heavy atom. The van der Waals surface area contributed by atoms with Crippen molar-refractivity contribution < 1.29 is 14.3 Å². The summed E-state index contributed by atoms with van der Waals surface area (Å²) < 4.78 is 13.0. The average Bonchev–Trinajstić information content (AvgIpc) is 3.30. The summed E-state index contributed by atoms with van der Waals surface area (Å²) in [6.07, 6.45) is 5.94. The Kier molecular flexibility index (Phi) is 4.12. The molecule has 1 N–H and O–H groups in total. The molecule has 0 bridgehead atoms. The van der Waals surface area contributed by atoms with Crippen LogP contribution in [0.3, 0.4) is 0 Å². The van der Waals surface area contributed by atoms with Gasteiger partial charge in [0.05, 0.1) is 30.8 Å². The molecule has 0 unspecified atom stereocenters. The second kappa shape index (κ2) is 6.79. The van der Waals surface area contributed by atoms with Crippen molar-refractivity contribution in [2.45, 2.75) is 19.4 Å². The fraction of sp³-hybridized carbons (Fsp3) is 0.350. The molecule has 8 heteroatoms. The third kappa shape index (κ3) is 2.95. The topological polar surface area (TPSA) is 81.0 Å². The Bertz CT molecular complexity index is 1040. The summed E-state index contributed by atoms with van der Waals surface area (Å²) in [5.74, 6) is 0.666. The van der Waals surface area contributed by atoms with Crippen molar-refractivity contribution in [1.82, 2.24) is 14.6 Å². The van der Waals surface area contributed by atoms with E-state index in [0.29, 0.717) is 24.4 Å². The van der Waals surface area contributed by atoms with Gasteiger partial charge in [-0.15, -0.1) is 0 Å². The fourth-order valence-electron chi connectivity index (χ4n) is 3.79. The summed E-state index contributed by atoms with van der Waals surface area (Å²) in [6.45, 7) is 4.93. The van der Waals surface area contributed by atoms with Gasteiger partial charge >= 0.3 is 0 Å². The Morgan fingerprint density at radius 3 is 3.00 bits per heavy atom. The second-order valence-electron chi connectivity index (χ2n) is 7.11. The van der Waals surface area contributed by atoms with Gasteiger partial charge in [-0.3, -0.25) is 4.79 Å². The molecule has 1 fully saturated rings. The average molecular weight is 379 g/mol. The van der Waals surface area contributed by atoms with E-state index in [1.165, 1.54) is 0 Å². The number of benzene rings is 1. The van der Waals surface area contributed by atoms with Crippen LogP contribution in [0, 0.1) is 0 Å². The van der Waals surface area contributed by atoms with Gasteiger partial charge in [-0.25, -0.2) is 9.50 Å². The van der Waals surface area contributed by atoms with E-state index in [9.17, 15) is 4.79 Å². The van der Waals surface area contributed by atoms with E-state index in [1.807, 2.05) is 12.1 Å². The van der Waals surface area contributed by atoms with Crippen LogP contribution >= 0.6 is 0 Å². The van der Waals surface area contributed by atoms with E-state index in [1.54, 1.807) is 29.2 Å². The predicted molar refractivity (Wildman–Crippen MR) is 104 cm³/mol. The Balaban J connectivity index is 1.51. The molecule has 1 aromatic carbocycles. The third-order valence-electron chi connectivity index (χ3n) is 5.14. The van der Waals surface area contributed by atoms with E-state index < -0.39 is 0 Å². The summed E-state index contributed by atoms with van der Waals surface area (Å²) in [5.41, 5.74) is 3.81. The smallest absolute Gasteiger partial charge is 0.261 e. The highest BCUT2D eigenvalue weighted by atomic mass is 16.5. The van der Waals surface area contributed by atoms with Crippen molar-refractivity contribution in [3.63, 3.8) is 0 Å². The van der Waals surface area contributed by atoms with Crippen molar-refractivity contribution in [1.29, 1.82) is 0 Å². The highest BCUT2D eigenvalue weighted by molar-refractivity contribution is 6.09.